The Labute approximate surface area is 105 Å². The van der Waals surface area contributed by atoms with Gasteiger partial charge in [0, 0.05) is 5.56 Å². The second kappa shape index (κ2) is 5.91. The predicted molar refractivity (Wildman–Crippen MR) is 64.0 cm³/mol. The van der Waals surface area contributed by atoms with Gasteiger partial charge in [0.15, 0.2) is 11.6 Å². The van der Waals surface area contributed by atoms with Crippen molar-refractivity contribution in [1.82, 2.24) is 5.32 Å². The summed E-state index contributed by atoms with van der Waals surface area (Å²) < 4.78 is 31.8. The zero-order chi connectivity index (χ0) is 13.8. The fraction of sp³-hybridized carbons (Fsp3) is 0.462. The topological polar surface area (TPSA) is 38.3 Å². The summed E-state index contributed by atoms with van der Waals surface area (Å²) in [5.74, 6) is -2.34. The van der Waals surface area contributed by atoms with Crippen molar-refractivity contribution in [3.05, 3.63) is 35.4 Å². The summed E-state index contributed by atoms with van der Waals surface area (Å²) in [6, 6.07) is 3.90. The summed E-state index contributed by atoms with van der Waals surface area (Å²) in [7, 11) is 1.59. The number of carbonyl (C=O) groups is 1. The van der Waals surface area contributed by atoms with E-state index in [-0.39, 0.29) is 18.6 Å². The van der Waals surface area contributed by atoms with Gasteiger partial charge in [0.05, 0.1) is 18.6 Å². The normalized spacial score (nSPS) is 14.1. The Morgan fingerprint density at radius 2 is 2.11 bits per heavy atom. The van der Waals surface area contributed by atoms with Crippen molar-refractivity contribution in [3.8, 4) is 0 Å². The standard InChI is InChI=1S/C13H17F2NO2/c1-4-18-11(17)8-13(2,16-3)9-6-5-7-10(14)12(9)15/h5-7,16H,4,8H2,1-3H3. The smallest absolute Gasteiger partial charge is 0.307 e. The van der Waals surface area contributed by atoms with Gasteiger partial charge < -0.3 is 10.1 Å². The van der Waals surface area contributed by atoms with Crippen LogP contribution in [0.1, 0.15) is 25.8 Å². The van der Waals surface area contributed by atoms with E-state index in [4.69, 9.17) is 4.74 Å². The van der Waals surface area contributed by atoms with Gasteiger partial charge in [-0.1, -0.05) is 12.1 Å². The third kappa shape index (κ3) is 3.04. The average Bonchev–Trinajstić information content (AvgIpc) is 2.32. The summed E-state index contributed by atoms with van der Waals surface area (Å²) in [6.07, 6.45) is -0.0717. The Balaban J connectivity index is 3.07. The Kier molecular flexibility index (Phi) is 4.78. The van der Waals surface area contributed by atoms with Crippen LogP contribution in [0, 0.1) is 11.6 Å². The molecule has 1 aromatic rings. The summed E-state index contributed by atoms with van der Waals surface area (Å²) in [5, 5.41) is 2.84. The molecule has 1 N–H and O–H groups in total. The largest absolute Gasteiger partial charge is 0.466 e. The van der Waals surface area contributed by atoms with Crippen molar-refractivity contribution in [2.75, 3.05) is 13.7 Å². The summed E-state index contributed by atoms with van der Waals surface area (Å²) in [6.45, 7) is 3.57. The molecule has 0 radical (unpaired) electrons. The van der Waals surface area contributed by atoms with E-state index >= 15 is 0 Å². The van der Waals surface area contributed by atoms with Gasteiger partial charge in [0.2, 0.25) is 0 Å². The van der Waals surface area contributed by atoms with Gasteiger partial charge >= 0.3 is 5.97 Å². The van der Waals surface area contributed by atoms with Crippen LogP contribution >= 0.6 is 0 Å². The molecule has 1 aromatic carbocycles. The summed E-state index contributed by atoms with van der Waals surface area (Å²) in [5.41, 5.74) is -0.892. The van der Waals surface area contributed by atoms with Crippen LogP contribution in [0.2, 0.25) is 0 Å². The van der Waals surface area contributed by atoms with Crippen LogP contribution in [0.4, 0.5) is 8.78 Å². The highest BCUT2D eigenvalue weighted by Crippen LogP contribution is 2.28. The summed E-state index contributed by atoms with van der Waals surface area (Å²) >= 11 is 0. The lowest BCUT2D eigenvalue weighted by Gasteiger charge is -2.29. The second-order valence-electron chi connectivity index (χ2n) is 4.17. The Hall–Kier alpha value is -1.49. The Morgan fingerprint density at radius 1 is 1.44 bits per heavy atom. The van der Waals surface area contributed by atoms with Crippen LogP contribution < -0.4 is 5.32 Å². The monoisotopic (exact) mass is 257 g/mol. The molecule has 0 heterocycles. The third-order valence-corrected chi connectivity index (χ3v) is 2.90. The van der Waals surface area contributed by atoms with Crippen molar-refractivity contribution in [1.29, 1.82) is 0 Å². The number of hydrogen-bond acceptors (Lipinski definition) is 3. The van der Waals surface area contributed by atoms with Crippen molar-refractivity contribution < 1.29 is 18.3 Å². The van der Waals surface area contributed by atoms with Crippen molar-refractivity contribution >= 4 is 5.97 Å². The van der Waals surface area contributed by atoms with Gasteiger partial charge in [-0.15, -0.1) is 0 Å². The lowest BCUT2D eigenvalue weighted by molar-refractivity contribution is -0.144. The molecule has 1 rings (SSSR count). The molecule has 0 aromatic heterocycles. The van der Waals surface area contributed by atoms with E-state index in [0.717, 1.165) is 6.07 Å². The van der Waals surface area contributed by atoms with Gasteiger partial charge in [0.1, 0.15) is 0 Å². The van der Waals surface area contributed by atoms with Crippen LogP contribution in [0.5, 0.6) is 0 Å². The molecule has 1 atom stereocenters. The maximum absolute atomic E-state index is 13.8. The SMILES string of the molecule is CCOC(=O)CC(C)(NC)c1cccc(F)c1F. The van der Waals surface area contributed by atoms with E-state index in [9.17, 15) is 13.6 Å². The molecule has 0 amide bonds. The van der Waals surface area contributed by atoms with Crippen molar-refractivity contribution in [3.63, 3.8) is 0 Å². The number of esters is 1. The Bertz CT molecular complexity index is 437. The van der Waals surface area contributed by atoms with E-state index in [1.54, 1.807) is 20.9 Å². The number of halogens is 2. The first-order valence-electron chi connectivity index (χ1n) is 5.73. The predicted octanol–water partition coefficient (Wildman–Crippen LogP) is 2.35. The highest BCUT2D eigenvalue weighted by molar-refractivity contribution is 5.71. The zero-order valence-corrected chi connectivity index (χ0v) is 10.7. The molecular formula is C13H17F2NO2. The molecule has 1 unspecified atom stereocenters. The first-order chi connectivity index (χ1) is 8.44. The molecule has 0 aliphatic carbocycles. The van der Waals surface area contributed by atoms with Crippen LogP contribution in [0.25, 0.3) is 0 Å². The van der Waals surface area contributed by atoms with Gasteiger partial charge in [-0.3, -0.25) is 4.79 Å². The lowest BCUT2D eigenvalue weighted by Crippen LogP contribution is -2.40. The number of hydrogen-bond donors (Lipinski definition) is 1. The Morgan fingerprint density at radius 3 is 2.67 bits per heavy atom. The van der Waals surface area contributed by atoms with Crippen molar-refractivity contribution in [2.45, 2.75) is 25.8 Å². The maximum Gasteiger partial charge on any atom is 0.307 e. The van der Waals surface area contributed by atoms with Crippen LogP contribution in [0.15, 0.2) is 18.2 Å². The quantitative estimate of drug-likeness (QED) is 0.823. The second-order valence-corrected chi connectivity index (χ2v) is 4.17. The third-order valence-electron chi connectivity index (χ3n) is 2.90. The molecule has 0 aliphatic rings. The number of nitrogens with one attached hydrogen (secondary N) is 1. The lowest BCUT2D eigenvalue weighted by atomic mass is 9.88. The number of ether oxygens (including phenoxy) is 1. The minimum absolute atomic E-state index is 0.0717. The van der Waals surface area contributed by atoms with Gasteiger partial charge in [-0.2, -0.15) is 0 Å². The highest BCUT2D eigenvalue weighted by Gasteiger charge is 2.32. The number of benzene rings is 1. The van der Waals surface area contributed by atoms with Gasteiger partial charge in [-0.05, 0) is 27.0 Å². The van der Waals surface area contributed by atoms with Crippen LogP contribution in [-0.4, -0.2) is 19.6 Å². The molecule has 3 nitrogen and oxygen atoms in total. The van der Waals surface area contributed by atoms with E-state index < -0.39 is 23.1 Å². The van der Waals surface area contributed by atoms with E-state index in [0.29, 0.717) is 0 Å². The summed E-state index contributed by atoms with van der Waals surface area (Å²) in [4.78, 5) is 11.5. The molecule has 0 fully saturated rings. The fourth-order valence-electron chi connectivity index (χ4n) is 1.75. The van der Waals surface area contributed by atoms with E-state index in [1.165, 1.54) is 12.1 Å². The molecule has 0 spiro atoms. The molecule has 0 aliphatic heterocycles. The van der Waals surface area contributed by atoms with E-state index in [1.807, 2.05) is 0 Å². The molecule has 0 bridgehead atoms. The zero-order valence-electron chi connectivity index (χ0n) is 10.7. The average molecular weight is 257 g/mol. The van der Waals surface area contributed by atoms with Crippen molar-refractivity contribution in [2.24, 2.45) is 0 Å². The minimum atomic E-state index is -1.00. The fourth-order valence-corrected chi connectivity index (χ4v) is 1.75. The number of rotatable bonds is 5. The molecule has 18 heavy (non-hydrogen) atoms. The first-order valence-corrected chi connectivity index (χ1v) is 5.73. The van der Waals surface area contributed by atoms with Gasteiger partial charge in [-0.25, -0.2) is 8.78 Å². The van der Waals surface area contributed by atoms with Gasteiger partial charge in [0.25, 0.3) is 0 Å². The molecular weight excluding hydrogens is 240 g/mol. The molecule has 100 valence electrons. The maximum atomic E-state index is 13.8. The highest BCUT2D eigenvalue weighted by atomic mass is 19.2. The molecule has 5 heteroatoms. The van der Waals surface area contributed by atoms with Crippen LogP contribution in [0.3, 0.4) is 0 Å². The molecule has 0 saturated heterocycles. The van der Waals surface area contributed by atoms with E-state index in [2.05, 4.69) is 5.32 Å². The van der Waals surface area contributed by atoms with Crippen LogP contribution in [-0.2, 0) is 15.1 Å². The minimum Gasteiger partial charge on any atom is -0.466 e. The number of carbonyl (C=O) groups excluding carboxylic acids is 1. The first kappa shape index (κ1) is 14.6. The molecule has 0 saturated carbocycles.